The van der Waals surface area contributed by atoms with Crippen LogP contribution in [0.25, 0.3) is 11.3 Å². The van der Waals surface area contributed by atoms with Gasteiger partial charge in [-0.25, -0.2) is 4.98 Å². The number of carboxylic acids is 1. The molecular formula is C16H20N2O2. The number of aromatic amines is 1. The fourth-order valence-electron chi connectivity index (χ4n) is 2.34. The minimum absolute atomic E-state index is 0.0955. The van der Waals surface area contributed by atoms with Crippen molar-refractivity contribution in [1.82, 2.24) is 9.97 Å². The zero-order chi connectivity index (χ0) is 14.9. The van der Waals surface area contributed by atoms with E-state index in [0.29, 0.717) is 6.42 Å². The summed E-state index contributed by atoms with van der Waals surface area (Å²) < 4.78 is 0. The van der Waals surface area contributed by atoms with Crippen LogP contribution in [0.5, 0.6) is 0 Å². The Hall–Kier alpha value is -2.10. The second kappa shape index (κ2) is 5.49. The lowest BCUT2D eigenvalue weighted by Gasteiger charge is -2.08. The number of rotatable bonds is 4. The molecule has 1 aromatic carbocycles. The van der Waals surface area contributed by atoms with E-state index >= 15 is 0 Å². The van der Waals surface area contributed by atoms with Crippen LogP contribution in [0.1, 0.15) is 34.6 Å². The fourth-order valence-corrected chi connectivity index (χ4v) is 2.34. The summed E-state index contributed by atoms with van der Waals surface area (Å²) in [6.07, 6.45) is 0.526. The number of aliphatic carboxylic acids is 1. The minimum atomic E-state index is -0.803. The molecule has 2 aromatic rings. The summed E-state index contributed by atoms with van der Waals surface area (Å²) in [5.74, 6) is -0.0690. The van der Waals surface area contributed by atoms with E-state index in [2.05, 4.69) is 42.9 Å². The van der Waals surface area contributed by atoms with Gasteiger partial charge in [0.05, 0.1) is 12.1 Å². The molecule has 106 valence electrons. The van der Waals surface area contributed by atoms with E-state index in [-0.39, 0.29) is 6.42 Å². The number of aryl methyl sites for hydroxylation is 5. The number of carbonyl (C=O) groups is 1. The van der Waals surface area contributed by atoms with Gasteiger partial charge in [-0.3, -0.25) is 4.79 Å². The van der Waals surface area contributed by atoms with Gasteiger partial charge >= 0.3 is 5.97 Å². The number of benzene rings is 1. The monoisotopic (exact) mass is 272 g/mol. The predicted octanol–water partition coefficient (Wildman–Crippen LogP) is 3.33. The second-order valence-electron chi connectivity index (χ2n) is 5.30. The molecule has 0 atom stereocenters. The Morgan fingerprint density at radius 1 is 1.15 bits per heavy atom. The maximum Gasteiger partial charge on any atom is 0.303 e. The maximum absolute atomic E-state index is 10.6. The average Bonchev–Trinajstić information content (AvgIpc) is 2.72. The third kappa shape index (κ3) is 2.90. The summed E-state index contributed by atoms with van der Waals surface area (Å²) in [5.41, 5.74) is 6.71. The molecule has 20 heavy (non-hydrogen) atoms. The van der Waals surface area contributed by atoms with E-state index in [1.165, 1.54) is 16.7 Å². The Kier molecular flexibility index (Phi) is 3.93. The van der Waals surface area contributed by atoms with Gasteiger partial charge in [-0.05, 0) is 50.5 Å². The maximum atomic E-state index is 10.6. The van der Waals surface area contributed by atoms with Crippen molar-refractivity contribution in [3.8, 4) is 11.3 Å². The predicted molar refractivity (Wildman–Crippen MR) is 78.9 cm³/mol. The Balaban J connectivity index is 2.38. The van der Waals surface area contributed by atoms with Crippen LogP contribution < -0.4 is 0 Å². The molecule has 2 N–H and O–H groups in total. The highest BCUT2D eigenvalue weighted by molar-refractivity contribution is 5.68. The van der Waals surface area contributed by atoms with Gasteiger partial charge < -0.3 is 10.1 Å². The van der Waals surface area contributed by atoms with Crippen molar-refractivity contribution in [2.24, 2.45) is 0 Å². The molecule has 0 aliphatic heterocycles. The van der Waals surface area contributed by atoms with Crippen molar-refractivity contribution in [3.05, 3.63) is 40.3 Å². The van der Waals surface area contributed by atoms with Gasteiger partial charge in [0.15, 0.2) is 0 Å². The van der Waals surface area contributed by atoms with Gasteiger partial charge in [0.2, 0.25) is 0 Å². The van der Waals surface area contributed by atoms with Gasteiger partial charge in [0.25, 0.3) is 0 Å². The Labute approximate surface area is 118 Å². The molecule has 0 aliphatic rings. The van der Waals surface area contributed by atoms with Crippen molar-refractivity contribution in [2.75, 3.05) is 0 Å². The van der Waals surface area contributed by atoms with Crippen LogP contribution in [0, 0.1) is 27.7 Å². The Bertz CT molecular complexity index is 657. The highest BCUT2D eigenvalue weighted by Gasteiger charge is 2.13. The smallest absolute Gasteiger partial charge is 0.303 e. The van der Waals surface area contributed by atoms with Crippen molar-refractivity contribution in [1.29, 1.82) is 0 Å². The number of H-pyrrole nitrogens is 1. The third-order valence-corrected chi connectivity index (χ3v) is 3.61. The fraction of sp³-hybridized carbons (Fsp3) is 0.375. The Morgan fingerprint density at radius 2 is 1.80 bits per heavy atom. The van der Waals surface area contributed by atoms with Gasteiger partial charge in [0, 0.05) is 17.7 Å². The molecule has 0 fully saturated rings. The molecule has 0 aliphatic carbocycles. The molecule has 0 radical (unpaired) electrons. The number of nitrogens with one attached hydrogen (secondary N) is 1. The van der Waals surface area contributed by atoms with Crippen LogP contribution in [0.2, 0.25) is 0 Å². The highest BCUT2D eigenvalue weighted by Crippen LogP contribution is 2.27. The van der Waals surface area contributed by atoms with Gasteiger partial charge in [-0.2, -0.15) is 0 Å². The topological polar surface area (TPSA) is 66.0 Å². The summed E-state index contributed by atoms with van der Waals surface area (Å²) in [7, 11) is 0. The lowest BCUT2D eigenvalue weighted by atomic mass is 9.98. The van der Waals surface area contributed by atoms with E-state index in [1.807, 2.05) is 6.92 Å². The molecule has 2 rings (SSSR count). The van der Waals surface area contributed by atoms with Crippen LogP contribution in [0.4, 0.5) is 0 Å². The van der Waals surface area contributed by atoms with Gasteiger partial charge in [-0.15, -0.1) is 0 Å². The van der Waals surface area contributed by atoms with Crippen LogP contribution in [-0.4, -0.2) is 21.0 Å². The van der Waals surface area contributed by atoms with E-state index in [0.717, 1.165) is 22.8 Å². The van der Waals surface area contributed by atoms with Crippen LogP contribution in [0.15, 0.2) is 12.1 Å². The first-order valence-corrected chi connectivity index (χ1v) is 6.74. The molecule has 0 unspecified atom stereocenters. The molecule has 1 aromatic heterocycles. The molecule has 0 amide bonds. The minimum Gasteiger partial charge on any atom is -0.481 e. The number of hydrogen-bond donors (Lipinski definition) is 2. The summed E-state index contributed by atoms with van der Waals surface area (Å²) in [4.78, 5) is 18.4. The SMILES string of the molecule is Cc1cc(C)c(-c2nc(CCC(=O)O)[nH]c2C)cc1C. The number of carboxylic acid groups (broad SMARTS) is 1. The van der Waals surface area contributed by atoms with E-state index in [9.17, 15) is 4.79 Å². The van der Waals surface area contributed by atoms with E-state index < -0.39 is 5.97 Å². The van der Waals surface area contributed by atoms with Crippen LogP contribution >= 0.6 is 0 Å². The first kappa shape index (κ1) is 14.3. The van der Waals surface area contributed by atoms with E-state index in [1.54, 1.807) is 0 Å². The first-order valence-electron chi connectivity index (χ1n) is 6.74. The molecule has 0 spiro atoms. The lowest BCUT2D eigenvalue weighted by Crippen LogP contribution is -1.98. The largest absolute Gasteiger partial charge is 0.481 e. The molecule has 0 saturated heterocycles. The molecule has 1 heterocycles. The summed E-state index contributed by atoms with van der Waals surface area (Å²) in [6.45, 7) is 8.24. The van der Waals surface area contributed by atoms with Crippen molar-refractivity contribution >= 4 is 5.97 Å². The van der Waals surface area contributed by atoms with Crippen molar-refractivity contribution in [3.63, 3.8) is 0 Å². The van der Waals surface area contributed by atoms with E-state index in [4.69, 9.17) is 5.11 Å². The summed E-state index contributed by atoms with van der Waals surface area (Å²) in [5, 5.41) is 8.74. The second-order valence-corrected chi connectivity index (χ2v) is 5.30. The van der Waals surface area contributed by atoms with Gasteiger partial charge in [-0.1, -0.05) is 6.07 Å². The summed E-state index contributed by atoms with van der Waals surface area (Å²) >= 11 is 0. The third-order valence-electron chi connectivity index (χ3n) is 3.61. The zero-order valence-corrected chi connectivity index (χ0v) is 12.4. The number of hydrogen-bond acceptors (Lipinski definition) is 2. The van der Waals surface area contributed by atoms with Crippen LogP contribution in [-0.2, 0) is 11.2 Å². The average molecular weight is 272 g/mol. The molecule has 4 nitrogen and oxygen atoms in total. The number of aromatic nitrogens is 2. The summed E-state index contributed by atoms with van der Waals surface area (Å²) in [6, 6.07) is 4.31. The number of imidazole rings is 1. The molecular weight excluding hydrogens is 252 g/mol. The van der Waals surface area contributed by atoms with Gasteiger partial charge in [0.1, 0.15) is 5.82 Å². The first-order chi connectivity index (χ1) is 9.38. The highest BCUT2D eigenvalue weighted by atomic mass is 16.4. The standard InChI is InChI=1S/C16H20N2O2/c1-9-7-11(3)13(8-10(9)2)16-12(4)17-14(18-16)5-6-15(19)20/h7-8H,5-6H2,1-4H3,(H,17,18)(H,19,20). The normalized spacial score (nSPS) is 10.8. The quantitative estimate of drug-likeness (QED) is 0.897. The molecule has 0 saturated carbocycles. The van der Waals surface area contributed by atoms with Crippen molar-refractivity contribution < 1.29 is 9.90 Å². The van der Waals surface area contributed by atoms with Crippen molar-refractivity contribution in [2.45, 2.75) is 40.5 Å². The van der Waals surface area contributed by atoms with Crippen LogP contribution in [0.3, 0.4) is 0 Å². The molecule has 0 bridgehead atoms. The number of nitrogens with zero attached hydrogens (tertiary/aromatic N) is 1. The Morgan fingerprint density at radius 3 is 2.45 bits per heavy atom. The molecule has 4 heteroatoms. The lowest BCUT2D eigenvalue weighted by molar-refractivity contribution is -0.137. The zero-order valence-electron chi connectivity index (χ0n) is 12.4.